The van der Waals surface area contributed by atoms with Crippen molar-refractivity contribution in [3.63, 3.8) is 0 Å². The van der Waals surface area contributed by atoms with E-state index in [9.17, 15) is 0 Å². The summed E-state index contributed by atoms with van der Waals surface area (Å²) >= 11 is 0. The Balaban J connectivity index is 2.34. The van der Waals surface area contributed by atoms with Crippen LogP contribution in [-0.4, -0.2) is 18.0 Å². The second-order valence-corrected chi connectivity index (χ2v) is 9.96. The van der Waals surface area contributed by atoms with Gasteiger partial charge in [0.1, 0.15) is 14.4 Å². The molecule has 0 aliphatic carbocycles. The van der Waals surface area contributed by atoms with Crippen LogP contribution in [0.2, 0.25) is 19.6 Å². The molecule has 0 spiro atoms. The molecule has 0 bridgehead atoms. The fourth-order valence-corrected chi connectivity index (χ4v) is 2.00. The normalized spacial score (nSPS) is 10.6. The Hall–Kier alpha value is -1.92. The first kappa shape index (κ1) is 12.5. The van der Waals surface area contributed by atoms with Crippen molar-refractivity contribution >= 4 is 8.07 Å². The van der Waals surface area contributed by atoms with Gasteiger partial charge in [0.05, 0.1) is 0 Å². The van der Waals surface area contributed by atoms with Gasteiger partial charge in [-0.3, -0.25) is 0 Å². The molecule has 0 saturated carbocycles. The number of benzene rings is 1. The van der Waals surface area contributed by atoms with Gasteiger partial charge >= 0.3 is 0 Å². The standard InChI is InChI=1S/C15H16N2Si/c1-18(2,3)8-7-13-5-4-6-14(9-13)15-10-16-12-17-11-15/h4-6,9-12H,1-3H3. The van der Waals surface area contributed by atoms with Crippen molar-refractivity contribution in [2.24, 2.45) is 0 Å². The smallest absolute Gasteiger partial charge is 0.129 e. The number of hydrogen-bond donors (Lipinski definition) is 0. The van der Waals surface area contributed by atoms with E-state index in [1.165, 1.54) is 0 Å². The monoisotopic (exact) mass is 252 g/mol. The molecule has 18 heavy (non-hydrogen) atoms. The molecule has 0 N–H and O–H groups in total. The van der Waals surface area contributed by atoms with E-state index in [1.54, 1.807) is 6.33 Å². The van der Waals surface area contributed by atoms with E-state index >= 15 is 0 Å². The summed E-state index contributed by atoms with van der Waals surface area (Å²) in [6.45, 7) is 6.73. The summed E-state index contributed by atoms with van der Waals surface area (Å²) < 4.78 is 0. The maximum Gasteiger partial charge on any atom is 0.129 e. The molecular weight excluding hydrogens is 236 g/mol. The Bertz CT molecular complexity index is 589. The SMILES string of the molecule is C[Si](C)(C)C#Cc1cccc(-c2cncnc2)c1. The Morgan fingerprint density at radius 2 is 1.72 bits per heavy atom. The Morgan fingerprint density at radius 1 is 1.00 bits per heavy atom. The lowest BCUT2D eigenvalue weighted by Crippen LogP contribution is -2.16. The molecule has 0 aliphatic heterocycles. The zero-order valence-electron chi connectivity index (χ0n) is 10.9. The van der Waals surface area contributed by atoms with Gasteiger partial charge in [0.15, 0.2) is 0 Å². The lowest BCUT2D eigenvalue weighted by Gasteiger charge is -2.04. The summed E-state index contributed by atoms with van der Waals surface area (Å²) in [6, 6.07) is 8.21. The first-order chi connectivity index (χ1) is 8.54. The van der Waals surface area contributed by atoms with Crippen LogP contribution in [0.5, 0.6) is 0 Å². The van der Waals surface area contributed by atoms with E-state index in [1.807, 2.05) is 24.5 Å². The van der Waals surface area contributed by atoms with E-state index in [0.29, 0.717) is 0 Å². The molecule has 2 nitrogen and oxygen atoms in total. The predicted molar refractivity (Wildman–Crippen MR) is 77.7 cm³/mol. The Morgan fingerprint density at radius 3 is 2.39 bits per heavy atom. The maximum absolute atomic E-state index is 4.04. The zero-order chi connectivity index (χ0) is 13.0. The minimum atomic E-state index is -1.32. The quantitative estimate of drug-likeness (QED) is 0.574. The molecule has 0 fully saturated rings. The third kappa shape index (κ3) is 3.54. The molecule has 3 heteroatoms. The highest BCUT2D eigenvalue weighted by Crippen LogP contribution is 2.18. The van der Waals surface area contributed by atoms with Crippen molar-refractivity contribution in [1.29, 1.82) is 0 Å². The number of hydrogen-bond acceptors (Lipinski definition) is 2. The third-order valence-electron chi connectivity index (χ3n) is 2.34. The second-order valence-electron chi connectivity index (χ2n) is 5.21. The number of rotatable bonds is 1. The third-order valence-corrected chi connectivity index (χ3v) is 3.21. The summed E-state index contributed by atoms with van der Waals surface area (Å²) in [5.74, 6) is 3.27. The predicted octanol–water partition coefficient (Wildman–Crippen LogP) is 3.37. The summed E-state index contributed by atoms with van der Waals surface area (Å²) in [4.78, 5) is 8.07. The van der Waals surface area contributed by atoms with Crippen molar-refractivity contribution in [2.45, 2.75) is 19.6 Å². The van der Waals surface area contributed by atoms with Crippen LogP contribution in [0.3, 0.4) is 0 Å². The van der Waals surface area contributed by atoms with E-state index in [0.717, 1.165) is 16.7 Å². The highest BCUT2D eigenvalue weighted by molar-refractivity contribution is 6.83. The van der Waals surface area contributed by atoms with Crippen LogP contribution < -0.4 is 0 Å². The van der Waals surface area contributed by atoms with Crippen molar-refractivity contribution in [1.82, 2.24) is 9.97 Å². The summed E-state index contributed by atoms with van der Waals surface area (Å²) in [7, 11) is -1.32. The summed E-state index contributed by atoms with van der Waals surface area (Å²) in [5, 5.41) is 0. The Labute approximate surface area is 109 Å². The summed E-state index contributed by atoms with van der Waals surface area (Å²) in [5.41, 5.74) is 6.56. The average molecular weight is 252 g/mol. The molecule has 0 amide bonds. The molecule has 0 aliphatic rings. The van der Waals surface area contributed by atoms with Gasteiger partial charge in [0, 0.05) is 23.5 Å². The van der Waals surface area contributed by atoms with E-state index in [-0.39, 0.29) is 0 Å². The maximum atomic E-state index is 4.04. The fourth-order valence-electron chi connectivity index (χ4n) is 1.48. The van der Waals surface area contributed by atoms with Crippen LogP contribution in [-0.2, 0) is 0 Å². The van der Waals surface area contributed by atoms with Crippen LogP contribution in [0.15, 0.2) is 43.0 Å². The molecule has 2 aromatic rings. The number of nitrogens with zero attached hydrogens (tertiary/aromatic N) is 2. The van der Waals surface area contributed by atoms with Gasteiger partial charge in [-0.15, -0.1) is 5.54 Å². The zero-order valence-corrected chi connectivity index (χ0v) is 11.9. The van der Waals surface area contributed by atoms with Gasteiger partial charge < -0.3 is 0 Å². The average Bonchev–Trinajstić information content (AvgIpc) is 2.37. The molecule has 0 unspecified atom stereocenters. The molecule has 90 valence electrons. The van der Waals surface area contributed by atoms with Crippen molar-refractivity contribution < 1.29 is 0 Å². The minimum absolute atomic E-state index is 1.02. The van der Waals surface area contributed by atoms with Crippen LogP contribution >= 0.6 is 0 Å². The summed E-state index contributed by atoms with van der Waals surface area (Å²) in [6.07, 6.45) is 5.18. The van der Waals surface area contributed by atoms with Crippen LogP contribution in [0.25, 0.3) is 11.1 Å². The van der Waals surface area contributed by atoms with Gasteiger partial charge in [-0.2, -0.15) is 0 Å². The first-order valence-electron chi connectivity index (χ1n) is 5.93. The van der Waals surface area contributed by atoms with Crippen molar-refractivity contribution in [3.8, 4) is 22.6 Å². The minimum Gasteiger partial charge on any atom is -0.244 e. The lowest BCUT2D eigenvalue weighted by molar-refractivity contribution is 1.17. The van der Waals surface area contributed by atoms with Crippen LogP contribution in [0.1, 0.15) is 5.56 Å². The molecule has 0 saturated heterocycles. The topological polar surface area (TPSA) is 25.8 Å². The van der Waals surface area contributed by atoms with E-state index in [4.69, 9.17) is 0 Å². The van der Waals surface area contributed by atoms with Crippen LogP contribution in [0, 0.1) is 11.5 Å². The second kappa shape index (κ2) is 5.15. The largest absolute Gasteiger partial charge is 0.244 e. The van der Waals surface area contributed by atoms with E-state index < -0.39 is 8.07 Å². The molecule has 0 atom stereocenters. The van der Waals surface area contributed by atoms with Crippen molar-refractivity contribution in [3.05, 3.63) is 48.5 Å². The van der Waals surface area contributed by atoms with Gasteiger partial charge in [0.2, 0.25) is 0 Å². The van der Waals surface area contributed by atoms with Gasteiger partial charge in [-0.25, -0.2) is 9.97 Å². The lowest BCUT2D eigenvalue weighted by atomic mass is 10.1. The molecule has 1 aromatic carbocycles. The molecule has 1 aromatic heterocycles. The fraction of sp³-hybridized carbons (Fsp3) is 0.200. The van der Waals surface area contributed by atoms with Crippen molar-refractivity contribution in [2.75, 3.05) is 0 Å². The van der Waals surface area contributed by atoms with Gasteiger partial charge in [-0.1, -0.05) is 37.7 Å². The first-order valence-corrected chi connectivity index (χ1v) is 9.43. The number of aromatic nitrogens is 2. The Kier molecular flexibility index (Phi) is 3.59. The van der Waals surface area contributed by atoms with Gasteiger partial charge in [-0.05, 0) is 17.7 Å². The molecule has 1 heterocycles. The molecule has 2 rings (SSSR count). The van der Waals surface area contributed by atoms with Crippen LogP contribution in [0.4, 0.5) is 0 Å². The highest BCUT2D eigenvalue weighted by Gasteiger charge is 2.07. The molecular formula is C15H16N2Si. The highest BCUT2D eigenvalue weighted by atomic mass is 28.3. The molecule has 0 radical (unpaired) electrons. The van der Waals surface area contributed by atoms with Gasteiger partial charge in [0.25, 0.3) is 0 Å². The van der Waals surface area contributed by atoms with E-state index in [2.05, 4.69) is 53.2 Å².